The van der Waals surface area contributed by atoms with Crippen LogP contribution in [0.1, 0.15) is 36.0 Å². The number of rotatable bonds is 4. The number of primary amides is 1. The molecule has 0 spiro atoms. The van der Waals surface area contributed by atoms with Crippen LogP contribution in [0.3, 0.4) is 0 Å². The summed E-state index contributed by atoms with van der Waals surface area (Å²) in [4.78, 5) is 15.4. The predicted molar refractivity (Wildman–Crippen MR) is 65.1 cm³/mol. The van der Waals surface area contributed by atoms with Gasteiger partial charge in [-0.05, 0) is 12.8 Å². The van der Waals surface area contributed by atoms with Crippen molar-refractivity contribution >= 4 is 6.09 Å². The monoisotopic (exact) mass is 250 g/mol. The highest BCUT2D eigenvalue weighted by molar-refractivity contribution is 5.64. The smallest absolute Gasteiger partial charge is 0.404 e. The average molecular weight is 250 g/mol. The summed E-state index contributed by atoms with van der Waals surface area (Å²) in [6.45, 7) is 2.82. The number of nitrogens with two attached hydrogens (primary N) is 1. The first-order valence-electron chi connectivity index (χ1n) is 6.47. The van der Waals surface area contributed by atoms with Crippen molar-refractivity contribution in [1.29, 1.82) is 0 Å². The fourth-order valence-electron chi connectivity index (χ4n) is 2.53. The lowest BCUT2D eigenvalue weighted by atomic mass is 10.2. The number of amides is 1. The molecule has 3 N–H and O–H groups in total. The molecule has 1 saturated carbocycles. The Morgan fingerprint density at radius 1 is 1.56 bits per heavy atom. The predicted octanol–water partition coefficient (Wildman–Crippen LogP) is 0.501. The highest BCUT2D eigenvalue weighted by Crippen LogP contribution is 2.40. The van der Waals surface area contributed by atoms with Gasteiger partial charge in [-0.1, -0.05) is 0 Å². The Hall–Kier alpha value is -1.56. The molecule has 1 aromatic rings. The number of nitrogens with zero attached hydrogens (tertiary/aromatic N) is 2. The van der Waals surface area contributed by atoms with E-state index in [2.05, 4.69) is 9.88 Å². The third-order valence-corrected chi connectivity index (χ3v) is 3.52. The molecule has 1 aliphatic heterocycles. The van der Waals surface area contributed by atoms with Crippen LogP contribution in [0, 0.1) is 0 Å². The first-order valence-corrected chi connectivity index (χ1v) is 6.47. The number of fused-ring (bicyclic) bond motifs is 1. The van der Waals surface area contributed by atoms with Gasteiger partial charge in [-0.25, -0.2) is 9.78 Å². The summed E-state index contributed by atoms with van der Waals surface area (Å²) in [5.74, 6) is 1.76. The van der Waals surface area contributed by atoms with Crippen LogP contribution in [0.5, 0.6) is 0 Å². The number of hydrogen-bond acceptors (Lipinski definition) is 4. The van der Waals surface area contributed by atoms with Crippen LogP contribution < -0.4 is 11.1 Å². The van der Waals surface area contributed by atoms with E-state index in [0.29, 0.717) is 19.1 Å². The van der Waals surface area contributed by atoms with E-state index in [1.807, 2.05) is 0 Å². The first kappa shape index (κ1) is 11.5. The van der Waals surface area contributed by atoms with Crippen LogP contribution in [0.15, 0.2) is 0 Å². The molecule has 2 heterocycles. The van der Waals surface area contributed by atoms with E-state index in [9.17, 15) is 4.79 Å². The van der Waals surface area contributed by atoms with Gasteiger partial charge < -0.3 is 20.4 Å². The molecular weight excluding hydrogens is 232 g/mol. The molecule has 2 aliphatic rings. The van der Waals surface area contributed by atoms with Crippen LogP contribution in [0.25, 0.3) is 0 Å². The average Bonchev–Trinajstić information content (AvgIpc) is 3.13. The molecule has 6 heteroatoms. The summed E-state index contributed by atoms with van der Waals surface area (Å²) in [7, 11) is 0. The van der Waals surface area contributed by atoms with Crippen molar-refractivity contribution < 1.29 is 9.53 Å². The van der Waals surface area contributed by atoms with Crippen molar-refractivity contribution in [3.8, 4) is 0 Å². The van der Waals surface area contributed by atoms with Crippen LogP contribution in [0.2, 0.25) is 0 Å². The van der Waals surface area contributed by atoms with Gasteiger partial charge in [-0.15, -0.1) is 0 Å². The Morgan fingerprint density at radius 2 is 2.39 bits per heavy atom. The van der Waals surface area contributed by atoms with Crippen LogP contribution in [-0.4, -0.2) is 28.8 Å². The molecule has 6 nitrogen and oxygen atoms in total. The summed E-state index contributed by atoms with van der Waals surface area (Å²) in [6, 6.07) is 0. The Morgan fingerprint density at radius 3 is 3.11 bits per heavy atom. The molecule has 98 valence electrons. The number of imidazole rings is 1. The van der Waals surface area contributed by atoms with Gasteiger partial charge in [0, 0.05) is 31.1 Å². The second-order valence-corrected chi connectivity index (χ2v) is 4.88. The molecule has 1 aromatic heterocycles. The third kappa shape index (κ3) is 2.20. The minimum absolute atomic E-state index is 0.325. The van der Waals surface area contributed by atoms with Crippen LogP contribution in [0.4, 0.5) is 4.79 Å². The number of hydrogen-bond donors (Lipinski definition) is 2. The van der Waals surface area contributed by atoms with Crippen molar-refractivity contribution in [2.75, 3.05) is 13.2 Å². The lowest BCUT2D eigenvalue weighted by Crippen LogP contribution is -2.26. The van der Waals surface area contributed by atoms with Crippen LogP contribution in [-0.2, 0) is 24.2 Å². The van der Waals surface area contributed by atoms with Crippen molar-refractivity contribution in [2.24, 2.45) is 5.73 Å². The maximum absolute atomic E-state index is 10.6. The van der Waals surface area contributed by atoms with E-state index in [-0.39, 0.29) is 0 Å². The number of aromatic nitrogens is 2. The van der Waals surface area contributed by atoms with E-state index < -0.39 is 6.09 Å². The van der Waals surface area contributed by atoms with Gasteiger partial charge in [0.25, 0.3) is 0 Å². The number of ether oxygens (including phenoxy) is 1. The van der Waals surface area contributed by atoms with E-state index >= 15 is 0 Å². The molecule has 1 amide bonds. The molecule has 3 rings (SSSR count). The fourth-order valence-corrected chi connectivity index (χ4v) is 2.53. The first-order chi connectivity index (χ1) is 8.75. The quantitative estimate of drug-likeness (QED) is 0.815. The van der Waals surface area contributed by atoms with E-state index in [1.165, 1.54) is 18.5 Å². The number of nitrogens with one attached hydrogen (secondary N) is 1. The molecule has 0 radical (unpaired) electrons. The Kier molecular flexibility index (Phi) is 2.95. The van der Waals surface area contributed by atoms with Gasteiger partial charge in [0.05, 0.1) is 12.2 Å². The minimum atomic E-state index is -0.710. The number of carbonyl (C=O) groups excluding carboxylic acids is 1. The second-order valence-electron chi connectivity index (χ2n) is 4.88. The topological polar surface area (TPSA) is 82.2 Å². The third-order valence-electron chi connectivity index (χ3n) is 3.52. The zero-order chi connectivity index (χ0) is 12.5. The zero-order valence-electron chi connectivity index (χ0n) is 10.3. The van der Waals surface area contributed by atoms with Crippen molar-refractivity contribution in [2.45, 2.75) is 38.3 Å². The van der Waals surface area contributed by atoms with E-state index in [1.54, 1.807) is 0 Å². The Balaban J connectivity index is 1.80. The maximum Gasteiger partial charge on any atom is 0.404 e. The van der Waals surface area contributed by atoms with Gasteiger partial charge in [-0.3, -0.25) is 0 Å². The van der Waals surface area contributed by atoms with Gasteiger partial charge in [-0.2, -0.15) is 0 Å². The summed E-state index contributed by atoms with van der Waals surface area (Å²) in [5.41, 5.74) is 7.43. The van der Waals surface area contributed by atoms with E-state index in [4.69, 9.17) is 15.5 Å². The summed E-state index contributed by atoms with van der Waals surface area (Å²) >= 11 is 0. The molecular formula is C12H18N4O2. The zero-order valence-corrected chi connectivity index (χ0v) is 10.3. The molecule has 0 atom stereocenters. The molecule has 0 aromatic carbocycles. The fraction of sp³-hybridized carbons (Fsp3) is 0.667. The maximum atomic E-state index is 10.6. The molecule has 1 fully saturated rings. The molecule has 0 saturated heterocycles. The van der Waals surface area contributed by atoms with Crippen molar-refractivity contribution in [1.82, 2.24) is 14.9 Å². The summed E-state index contributed by atoms with van der Waals surface area (Å²) in [5, 5.41) is 3.33. The lowest BCUT2D eigenvalue weighted by Gasteiger charge is -2.16. The van der Waals surface area contributed by atoms with Gasteiger partial charge >= 0.3 is 6.09 Å². The largest absolute Gasteiger partial charge is 0.448 e. The normalized spacial score (nSPS) is 18.4. The van der Waals surface area contributed by atoms with E-state index in [0.717, 1.165) is 31.0 Å². The van der Waals surface area contributed by atoms with Gasteiger partial charge in [0.1, 0.15) is 12.4 Å². The van der Waals surface area contributed by atoms with Crippen molar-refractivity contribution in [3.63, 3.8) is 0 Å². The highest BCUT2D eigenvalue weighted by atomic mass is 16.5. The SMILES string of the molecule is NC(=O)OCCn1c(C2CC2)nc2c1CCNC2. The standard InChI is InChI=1S/C12H18N4O2/c13-12(17)18-6-5-16-10-3-4-14-7-9(10)15-11(16)8-1-2-8/h8,14H,1-7H2,(H2,13,17). The second kappa shape index (κ2) is 4.61. The van der Waals surface area contributed by atoms with Gasteiger partial charge in [0.15, 0.2) is 0 Å². The Bertz CT molecular complexity index is 465. The van der Waals surface area contributed by atoms with Gasteiger partial charge in [0.2, 0.25) is 0 Å². The highest BCUT2D eigenvalue weighted by Gasteiger charge is 2.31. The molecule has 0 unspecified atom stereocenters. The summed E-state index contributed by atoms with van der Waals surface area (Å²) in [6.07, 6.45) is 2.73. The Labute approximate surface area is 106 Å². The lowest BCUT2D eigenvalue weighted by molar-refractivity contribution is 0.151. The molecule has 18 heavy (non-hydrogen) atoms. The number of carbonyl (C=O) groups is 1. The minimum Gasteiger partial charge on any atom is -0.448 e. The van der Waals surface area contributed by atoms with Crippen molar-refractivity contribution in [3.05, 3.63) is 17.2 Å². The summed E-state index contributed by atoms with van der Waals surface area (Å²) < 4.78 is 7.07. The van der Waals surface area contributed by atoms with Crippen LogP contribution >= 0.6 is 0 Å². The molecule has 0 bridgehead atoms. The molecule has 1 aliphatic carbocycles.